The molecule has 0 unspecified atom stereocenters. The second kappa shape index (κ2) is 4.66. The van der Waals surface area contributed by atoms with Crippen molar-refractivity contribution in [3.05, 3.63) is 66.9 Å². The van der Waals surface area contributed by atoms with Crippen LogP contribution in [-0.2, 0) is 4.79 Å². The van der Waals surface area contributed by atoms with Crippen LogP contribution in [0, 0.1) is 0 Å². The van der Waals surface area contributed by atoms with Crippen molar-refractivity contribution in [2.45, 2.75) is 0 Å². The number of carboxylic acid groups (broad SMARTS) is 1. The molecule has 1 N–H and O–H groups in total. The average molecular weight is 264 g/mol. The van der Waals surface area contributed by atoms with Crippen LogP contribution < -0.4 is 0 Å². The van der Waals surface area contributed by atoms with Crippen LogP contribution in [0.4, 0.5) is 0 Å². The van der Waals surface area contributed by atoms with Gasteiger partial charge in [0.15, 0.2) is 0 Å². The van der Waals surface area contributed by atoms with Crippen LogP contribution in [0.3, 0.4) is 0 Å². The maximum Gasteiger partial charge on any atom is 0.335 e. The van der Waals surface area contributed by atoms with E-state index in [-0.39, 0.29) is 5.57 Å². The quantitative estimate of drug-likeness (QED) is 0.739. The molecule has 0 saturated heterocycles. The number of pyridine rings is 1. The number of nitrogens with zero attached hydrogens (tertiary/aromatic N) is 2. The zero-order chi connectivity index (χ0) is 14.1. The van der Waals surface area contributed by atoms with Crippen molar-refractivity contribution in [2.75, 3.05) is 0 Å². The van der Waals surface area contributed by atoms with E-state index in [0.717, 1.165) is 11.1 Å². The predicted octanol–water partition coefficient (Wildman–Crippen LogP) is 3.10. The van der Waals surface area contributed by atoms with Crippen LogP contribution in [-0.4, -0.2) is 20.7 Å². The van der Waals surface area contributed by atoms with Crippen LogP contribution in [0.1, 0.15) is 5.56 Å². The minimum atomic E-state index is -1.04. The van der Waals surface area contributed by atoms with Gasteiger partial charge in [-0.05, 0) is 12.1 Å². The Morgan fingerprint density at radius 3 is 2.50 bits per heavy atom. The Kier molecular flexibility index (Phi) is 2.84. The van der Waals surface area contributed by atoms with E-state index in [1.165, 1.54) is 0 Å². The number of carbonyl (C=O) groups is 1. The molecule has 0 aliphatic heterocycles. The number of rotatable bonds is 3. The first-order chi connectivity index (χ1) is 9.68. The van der Waals surface area contributed by atoms with Crippen molar-refractivity contribution in [2.24, 2.45) is 0 Å². The van der Waals surface area contributed by atoms with Crippen molar-refractivity contribution in [1.29, 1.82) is 0 Å². The summed E-state index contributed by atoms with van der Waals surface area (Å²) in [5, 5.41) is 13.7. The Morgan fingerprint density at radius 2 is 1.80 bits per heavy atom. The lowest BCUT2D eigenvalue weighted by atomic mass is 10.0. The molecule has 4 heteroatoms. The molecule has 0 aliphatic carbocycles. The number of aliphatic carboxylic acids is 1. The highest BCUT2D eigenvalue weighted by molar-refractivity contribution is 6.18. The second-order valence-corrected chi connectivity index (χ2v) is 4.40. The summed E-state index contributed by atoms with van der Waals surface area (Å²) in [6.45, 7) is 3.68. The van der Waals surface area contributed by atoms with Gasteiger partial charge in [0.1, 0.15) is 5.69 Å². The fourth-order valence-electron chi connectivity index (χ4n) is 2.20. The summed E-state index contributed by atoms with van der Waals surface area (Å²) in [6, 6.07) is 15.0. The van der Waals surface area contributed by atoms with Gasteiger partial charge in [-0.2, -0.15) is 5.10 Å². The van der Waals surface area contributed by atoms with Crippen molar-refractivity contribution in [3.8, 4) is 11.3 Å². The lowest BCUT2D eigenvalue weighted by Crippen LogP contribution is -1.99. The smallest absolute Gasteiger partial charge is 0.335 e. The summed E-state index contributed by atoms with van der Waals surface area (Å²) in [5.41, 5.74) is 2.84. The third-order valence-corrected chi connectivity index (χ3v) is 3.15. The monoisotopic (exact) mass is 264 g/mol. The molecule has 0 atom stereocenters. The summed E-state index contributed by atoms with van der Waals surface area (Å²) in [5.74, 6) is -1.04. The standard InChI is InChI=1S/C16H12N2O2/c1-11(16(19)20)14-13-9-5-6-10-18(13)17-15(14)12-7-3-2-4-8-12/h2-10H,1H2,(H,19,20). The number of benzene rings is 1. The number of hydrogen-bond donors (Lipinski definition) is 1. The summed E-state index contributed by atoms with van der Waals surface area (Å²) >= 11 is 0. The summed E-state index contributed by atoms with van der Waals surface area (Å²) in [6.07, 6.45) is 1.79. The Hall–Kier alpha value is -2.88. The molecule has 20 heavy (non-hydrogen) atoms. The van der Waals surface area contributed by atoms with Crippen LogP contribution in [0.15, 0.2) is 61.3 Å². The first-order valence-electron chi connectivity index (χ1n) is 6.14. The predicted molar refractivity (Wildman–Crippen MR) is 77.3 cm³/mol. The molecule has 0 spiro atoms. The maximum atomic E-state index is 11.3. The number of carboxylic acids is 1. The lowest BCUT2D eigenvalue weighted by molar-refractivity contribution is -0.130. The highest BCUT2D eigenvalue weighted by Gasteiger charge is 2.20. The molecule has 2 aromatic heterocycles. The fraction of sp³-hybridized carbons (Fsp3) is 0. The van der Waals surface area contributed by atoms with Gasteiger partial charge >= 0.3 is 5.97 Å². The Balaban J connectivity index is 2.34. The van der Waals surface area contributed by atoms with Gasteiger partial charge in [0.25, 0.3) is 0 Å². The molecule has 0 amide bonds. The number of aromatic nitrogens is 2. The minimum absolute atomic E-state index is 0.0463. The SMILES string of the molecule is C=C(C(=O)O)c1c(-c2ccccc2)nn2ccccc12. The van der Waals surface area contributed by atoms with Gasteiger partial charge in [0, 0.05) is 17.3 Å². The zero-order valence-electron chi connectivity index (χ0n) is 10.7. The summed E-state index contributed by atoms with van der Waals surface area (Å²) < 4.78 is 1.67. The topological polar surface area (TPSA) is 54.6 Å². The Morgan fingerprint density at radius 1 is 1.10 bits per heavy atom. The summed E-state index contributed by atoms with van der Waals surface area (Å²) in [4.78, 5) is 11.3. The molecule has 98 valence electrons. The zero-order valence-corrected chi connectivity index (χ0v) is 10.7. The first kappa shape index (κ1) is 12.2. The first-order valence-corrected chi connectivity index (χ1v) is 6.14. The van der Waals surface area contributed by atoms with Crippen molar-refractivity contribution >= 4 is 17.1 Å². The van der Waals surface area contributed by atoms with E-state index < -0.39 is 5.97 Å². The van der Waals surface area contributed by atoms with E-state index in [2.05, 4.69) is 11.7 Å². The molecule has 0 saturated carbocycles. The third kappa shape index (κ3) is 1.87. The second-order valence-electron chi connectivity index (χ2n) is 4.40. The van der Waals surface area contributed by atoms with Crippen LogP contribution >= 0.6 is 0 Å². The molecule has 0 radical (unpaired) electrons. The molecule has 3 aromatic rings. The molecule has 4 nitrogen and oxygen atoms in total. The van der Waals surface area contributed by atoms with E-state index in [1.807, 2.05) is 48.5 Å². The molecule has 1 aromatic carbocycles. The lowest BCUT2D eigenvalue weighted by Gasteiger charge is -2.02. The number of hydrogen-bond acceptors (Lipinski definition) is 2. The van der Waals surface area contributed by atoms with Gasteiger partial charge in [-0.1, -0.05) is 43.0 Å². The van der Waals surface area contributed by atoms with Crippen molar-refractivity contribution in [3.63, 3.8) is 0 Å². The number of fused-ring (bicyclic) bond motifs is 1. The van der Waals surface area contributed by atoms with Gasteiger partial charge in [0.2, 0.25) is 0 Å². The van der Waals surface area contributed by atoms with Crippen LogP contribution in [0.5, 0.6) is 0 Å². The molecule has 2 heterocycles. The summed E-state index contributed by atoms with van der Waals surface area (Å²) in [7, 11) is 0. The molecule has 0 fully saturated rings. The van der Waals surface area contributed by atoms with Crippen molar-refractivity contribution in [1.82, 2.24) is 9.61 Å². The van der Waals surface area contributed by atoms with Gasteiger partial charge in [-0.3, -0.25) is 0 Å². The molecular weight excluding hydrogens is 252 g/mol. The minimum Gasteiger partial charge on any atom is -0.478 e. The van der Waals surface area contributed by atoms with Crippen LogP contribution in [0.2, 0.25) is 0 Å². The largest absolute Gasteiger partial charge is 0.478 e. The van der Waals surface area contributed by atoms with E-state index in [9.17, 15) is 9.90 Å². The fourth-order valence-corrected chi connectivity index (χ4v) is 2.20. The van der Waals surface area contributed by atoms with Gasteiger partial charge in [-0.15, -0.1) is 0 Å². The average Bonchev–Trinajstić information content (AvgIpc) is 2.86. The normalized spacial score (nSPS) is 10.6. The van der Waals surface area contributed by atoms with Gasteiger partial charge in [0.05, 0.1) is 11.1 Å². The Bertz CT molecular complexity index is 804. The molecular formula is C16H12N2O2. The van der Waals surface area contributed by atoms with Gasteiger partial charge < -0.3 is 5.11 Å². The molecule has 3 rings (SSSR count). The highest BCUT2D eigenvalue weighted by Crippen LogP contribution is 2.31. The van der Waals surface area contributed by atoms with E-state index in [0.29, 0.717) is 11.3 Å². The third-order valence-electron chi connectivity index (χ3n) is 3.15. The van der Waals surface area contributed by atoms with E-state index in [1.54, 1.807) is 10.7 Å². The van der Waals surface area contributed by atoms with Crippen molar-refractivity contribution < 1.29 is 9.90 Å². The van der Waals surface area contributed by atoms with E-state index in [4.69, 9.17) is 0 Å². The van der Waals surface area contributed by atoms with E-state index >= 15 is 0 Å². The molecule has 0 aliphatic rings. The maximum absolute atomic E-state index is 11.3. The molecule has 0 bridgehead atoms. The van der Waals surface area contributed by atoms with Gasteiger partial charge in [-0.25, -0.2) is 9.31 Å². The van der Waals surface area contributed by atoms with Crippen LogP contribution in [0.25, 0.3) is 22.3 Å². The highest BCUT2D eigenvalue weighted by atomic mass is 16.4. The Labute approximate surface area is 115 Å².